The third-order valence-electron chi connectivity index (χ3n) is 13.8. The smallest absolute Gasteiger partial charge is 0.0638 e. The lowest BCUT2D eigenvalue weighted by molar-refractivity contribution is 0.660. The van der Waals surface area contributed by atoms with E-state index in [1.807, 2.05) is 6.20 Å². The first-order valence-electron chi connectivity index (χ1n) is 21.3. The minimum atomic E-state index is -0.0971. The normalized spacial score (nSPS) is 21.6. The van der Waals surface area contributed by atoms with E-state index in [-0.39, 0.29) is 5.41 Å². The van der Waals surface area contributed by atoms with Crippen LogP contribution in [0.4, 0.5) is 11.4 Å². The molecule has 0 bridgehead atoms. The summed E-state index contributed by atoms with van der Waals surface area (Å²) in [5.74, 6) is 1.04. The number of nitrogens with zero attached hydrogens (tertiary/aromatic N) is 3. The Labute approximate surface area is 346 Å². The number of hydrogen-bond acceptors (Lipinski definition) is 2. The van der Waals surface area contributed by atoms with Crippen molar-refractivity contribution in [3.8, 4) is 28.1 Å². The van der Waals surface area contributed by atoms with Crippen molar-refractivity contribution >= 4 is 39.6 Å². The molecule has 3 atom stereocenters. The number of aromatic nitrogens is 1. The average Bonchev–Trinajstić information content (AvgIpc) is 3.70. The Kier molecular flexibility index (Phi) is 7.66. The molecule has 3 heterocycles. The molecule has 3 heteroatoms. The van der Waals surface area contributed by atoms with Gasteiger partial charge in [0.1, 0.15) is 0 Å². The highest BCUT2D eigenvalue weighted by molar-refractivity contribution is 6.08. The average molecular weight is 760 g/mol. The summed E-state index contributed by atoms with van der Waals surface area (Å²) in [6.45, 7) is 4.76. The summed E-state index contributed by atoms with van der Waals surface area (Å²) in [6.07, 6.45) is 28.1. The molecule has 6 aliphatic rings. The maximum atomic E-state index is 4.40. The van der Waals surface area contributed by atoms with Gasteiger partial charge < -0.3 is 9.47 Å². The van der Waals surface area contributed by atoms with Crippen molar-refractivity contribution in [2.24, 2.45) is 22.7 Å². The summed E-state index contributed by atoms with van der Waals surface area (Å²) >= 11 is 0. The molecule has 284 valence electrons. The van der Waals surface area contributed by atoms with Crippen LogP contribution in [0.15, 0.2) is 192 Å². The molecule has 3 unspecified atom stereocenters. The summed E-state index contributed by atoms with van der Waals surface area (Å²) in [5.41, 5.74) is 20.8. The van der Waals surface area contributed by atoms with Crippen molar-refractivity contribution in [3.05, 3.63) is 210 Å². The van der Waals surface area contributed by atoms with Crippen molar-refractivity contribution in [1.82, 2.24) is 4.57 Å². The van der Waals surface area contributed by atoms with E-state index in [0.717, 1.165) is 19.3 Å². The van der Waals surface area contributed by atoms with Gasteiger partial charge in [0, 0.05) is 69.0 Å². The molecule has 0 radical (unpaired) electrons. The Bertz CT molecular complexity index is 3020. The second kappa shape index (κ2) is 13.2. The number of fused-ring (bicyclic) bond motifs is 10. The van der Waals surface area contributed by atoms with Gasteiger partial charge in [-0.15, -0.1) is 0 Å². The van der Waals surface area contributed by atoms with E-state index in [4.69, 9.17) is 0 Å². The predicted octanol–water partition coefficient (Wildman–Crippen LogP) is 14.1. The van der Waals surface area contributed by atoms with Crippen molar-refractivity contribution in [2.75, 3.05) is 4.90 Å². The largest absolute Gasteiger partial charge is 0.309 e. The van der Waals surface area contributed by atoms with Crippen LogP contribution in [0, 0.1) is 17.8 Å². The number of benzene rings is 5. The monoisotopic (exact) mass is 759 g/mol. The standard InChI is InChI=1S/C56H45N3/c1-56(2)48-21-8-3-17-43(48)44-29-28-41(34-49(44)56)58-51-23-10-5-18-45(51)54-46-19-6-11-24-52(46)59(53-25-12-7-20-47(53)55(54)58)50-22-9-4-16-42(50)39-15-13-14-36(33-39)37-26-27-40-35-57-31-30-38(40)32-37/h3-5,7-18,20-32,34-36,38,40H,6,19,33H2,1-2H3. The molecule has 0 saturated carbocycles. The first-order valence-corrected chi connectivity index (χ1v) is 21.3. The van der Waals surface area contributed by atoms with Crippen LogP contribution in [0.5, 0.6) is 0 Å². The first kappa shape index (κ1) is 34.3. The van der Waals surface area contributed by atoms with E-state index < -0.39 is 0 Å². The summed E-state index contributed by atoms with van der Waals surface area (Å²) in [6, 6.07) is 43.5. The van der Waals surface area contributed by atoms with Gasteiger partial charge in [-0.2, -0.15) is 0 Å². The third-order valence-corrected chi connectivity index (χ3v) is 13.8. The minimum Gasteiger partial charge on any atom is -0.309 e. The van der Waals surface area contributed by atoms with Gasteiger partial charge in [0.05, 0.1) is 22.6 Å². The van der Waals surface area contributed by atoms with Crippen LogP contribution in [0.2, 0.25) is 0 Å². The summed E-state index contributed by atoms with van der Waals surface area (Å²) in [4.78, 5) is 6.99. The second-order valence-electron chi connectivity index (χ2n) is 17.4. The van der Waals surface area contributed by atoms with E-state index in [0.29, 0.717) is 17.8 Å². The lowest BCUT2D eigenvalue weighted by Gasteiger charge is -2.33. The van der Waals surface area contributed by atoms with Gasteiger partial charge >= 0.3 is 0 Å². The maximum absolute atomic E-state index is 4.40. The predicted molar refractivity (Wildman–Crippen MR) is 247 cm³/mol. The quantitative estimate of drug-likeness (QED) is 0.175. The molecule has 2 aliphatic heterocycles. The van der Waals surface area contributed by atoms with Gasteiger partial charge in [0.25, 0.3) is 0 Å². The van der Waals surface area contributed by atoms with Crippen molar-refractivity contribution in [2.45, 2.75) is 38.5 Å². The molecular formula is C56H45N3. The molecule has 59 heavy (non-hydrogen) atoms. The molecular weight excluding hydrogens is 715 g/mol. The fourth-order valence-corrected chi connectivity index (χ4v) is 10.9. The number of hydrogen-bond donors (Lipinski definition) is 0. The van der Waals surface area contributed by atoms with Crippen LogP contribution in [0.25, 0.3) is 50.1 Å². The van der Waals surface area contributed by atoms with Crippen LogP contribution in [-0.2, 0) is 5.41 Å². The van der Waals surface area contributed by atoms with E-state index in [1.54, 1.807) is 0 Å². The Morgan fingerprint density at radius 2 is 1.46 bits per heavy atom. The summed E-state index contributed by atoms with van der Waals surface area (Å²) in [7, 11) is 0. The van der Waals surface area contributed by atoms with Gasteiger partial charge in [-0.1, -0.05) is 147 Å². The number of rotatable bonds is 4. The van der Waals surface area contributed by atoms with Crippen LogP contribution in [0.3, 0.4) is 0 Å². The van der Waals surface area contributed by atoms with E-state index >= 15 is 0 Å². The topological polar surface area (TPSA) is 20.5 Å². The number of allylic oxidation sites excluding steroid dienone is 12. The number of para-hydroxylation sites is 3. The zero-order valence-corrected chi connectivity index (χ0v) is 33.5. The van der Waals surface area contributed by atoms with E-state index in [9.17, 15) is 0 Å². The molecule has 5 aromatic carbocycles. The van der Waals surface area contributed by atoms with Gasteiger partial charge in [-0.25, -0.2) is 0 Å². The molecule has 1 aromatic heterocycles. The van der Waals surface area contributed by atoms with Crippen molar-refractivity contribution < 1.29 is 0 Å². The zero-order chi connectivity index (χ0) is 39.2. The highest BCUT2D eigenvalue weighted by Crippen LogP contribution is 2.55. The highest BCUT2D eigenvalue weighted by Gasteiger charge is 2.37. The molecule has 12 rings (SSSR count). The Morgan fingerprint density at radius 1 is 0.695 bits per heavy atom. The van der Waals surface area contributed by atoms with Crippen LogP contribution >= 0.6 is 0 Å². The molecule has 4 aliphatic carbocycles. The van der Waals surface area contributed by atoms with Gasteiger partial charge in [-0.3, -0.25) is 4.99 Å². The van der Waals surface area contributed by atoms with Crippen LogP contribution in [-0.4, -0.2) is 10.8 Å². The van der Waals surface area contributed by atoms with Gasteiger partial charge in [0.15, 0.2) is 0 Å². The number of anilines is 2. The lowest BCUT2D eigenvalue weighted by Crippen LogP contribution is -2.20. The molecule has 0 amide bonds. The van der Waals surface area contributed by atoms with E-state index in [2.05, 4.69) is 204 Å². The minimum absolute atomic E-state index is 0.0971. The summed E-state index contributed by atoms with van der Waals surface area (Å²) in [5, 5.41) is 1.30. The number of aliphatic imine (C=N–C) groups is 1. The molecule has 6 aromatic rings. The van der Waals surface area contributed by atoms with Crippen LogP contribution < -0.4 is 4.90 Å². The van der Waals surface area contributed by atoms with Crippen molar-refractivity contribution in [3.63, 3.8) is 0 Å². The Morgan fingerprint density at radius 3 is 2.36 bits per heavy atom. The Balaban J connectivity index is 1.04. The maximum Gasteiger partial charge on any atom is 0.0638 e. The molecule has 0 spiro atoms. The Hall–Kier alpha value is -6.71. The second-order valence-corrected chi connectivity index (χ2v) is 17.4. The first-order chi connectivity index (χ1) is 29.0. The van der Waals surface area contributed by atoms with Crippen LogP contribution in [0.1, 0.15) is 55.4 Å². The summed E-state index contributed by atoms with van der Waals surface area (Å²) < 4.78 is 2.57. The molecule has 0 saturated heterocycles. The molecule has 3 nitrogen and oxygen atoms in total. The van der Waals surface area contributed by atoms with E-state index in [1.165, 1.54) is 95.0 Å². The SMILES string of the molecule is CC1(C)c2ccccc2-c2ccc(-n3c4c(c5ccccc53)C3=C(C=CCC3)N(c3ccccc3C3=CC=CC(C5=CC6C=CN=CC6C=C5)C3)c3ccccc3-4)cc21. The fraction of sp³-hybridized carbons (Fsp3) is 0.161. The van der Waals surface area contributed by atoms with Gasteiger partial charge in [-0.05, 0) is 94.6 Å². The molecule has 0 fully saturated rings. The van der Waals surface area contributed by atoms with Gasteiger partial charge in [0.2, 0.25) is 0 Å². The highest BCUT2D eigenvalue weighted by atomic mass is 15.2. The fourth-order valence-electron chi connectivity index (χ4n) is 10.9. The lowest BCUT2D eigenvalue weighted by atomic mass is 9.78. The van der Waals surface area contributed by atoms with Crippen molar-refractivity contribution in [1.29, 1.82) is 0 Å². The zero-order valence-electron chi connectivity index (χ0n) is 33.5. The third kappa shape index (κ3) is 5.17. The molecule has 0 N–H and O–H groups in total.